The van der Waals surface area contributed by atoms with Gasteiger partial charge in [-0.05, 0) is 43.4 Å². The molecule has 1 aliphatic carbocycles. The predicted molar refractivity (Wildman–Crippen MR) is 67.8 cm³/mol. The van der Waals surface area contributed by atoms with Crippen molar-refractivity contribution in [3.63, 3.8) is 0 Å². The van der Waals surface area contributed by atoms with Crippen molar-refractivity contribution in [1.82, 2.24) is 15.6 Å². The monoisotopic (exact) mass is 249 g/mol. The molecular formula is C13H19N3O2. The van der Waals surface area contributed by atoms with Crippen molar-refractivity contribution < 1.29 is 9.90 Å². The lowest BCUT2D eigenvalue weighted by atomic mass is 9.97. The maximum atomic E-state index is 11.8. The Balaban J connectivity index is 1.81. The van der Waals surface area contributed by atoms with E-state index in [1.807, 2.05) is 19.1 Å². The van der Waals surface area contributed by atoms with E-state index in [0.29, 0.717) is 12.5 Å². The van der Waals surface area contributed by atoms with E-state index < -0.39 is 5.54 Å². The first-order valence-corrected chi connectivity index (χ1v) is 6.20. The number of hydrogen-bond donors (Lipinski definition) is 3. The summed E-state index contributed by atoms with van der Waals surface area (Å²) < 4.78 is 0. The Bertz CT molecular complexity index is 406. The zero-order valence-corrected chi connectivity index (χ0v) is 10.5. The third-order valence-electron chi connectivity index (χ3n) is 3.41. The molecule has 1 aliphatic rings. The summed E-state index contributed by atoms with van der Waals surface area (Å²) in [6.07, 6.45) is 5.53. The summed E-state index contributed by atoms with van der Waals surface area (Å²) in [4.78, 5) is 15.7. The van der Waals surface area contributed by atoms with E-state index in [4.69, 9.17) is 0 Å². The molecule has 1 fully saturated rings. The van der Waals surface area contributed by atoms with Crippen LogP contribution in [0, 0.1) is 5.92 Å². The van der Waals surface area contributed by atoms with Gasteiger partial charge in [-0.15, -0.1) is 0 Å². The molecule has 0 saturated heterocycles. The van der Waals surface area contributed by atoms with Crippen LogP contribution in [0.2, 0.25) is 0 Å². The van der Waals surface area contributed by atoms with E-state index in [1.54, 1.807) is 12.4 Å². The van der Waals surface area contributed by atoms with E-state index >= 15 is 0 Å². The second-order valence-corrected chi connectivity index (χ2v) is 5.01. The minimum Gasteiger partial charge on any atom is -0.394 e. The average Bonchev–Trinajstić information content (AvgIpc) is 3.22. The average molecular weight is 249 g/mol. The molecule has 0 aromatic carbocycles. The van der Waals surface area contributed by atoms with Gasteiger partial charge in [0, 0.05) is 18.9 Å². The van der Waals surface area contributed by atoms with Gasteiger partial charge in [0.05, 0.1) is 12.1 Å². The first-order chi connectivity index (χ1) is 8.64. The lowest BCUT2D eigenvalue weighted by Gasteiger charge is -2.28. The van der Waals surface area contributed by atoms with Gasteiger partial charge in [-0.25, -0.2) is 4.79 Å². The van der Waals surface area contributed by atoms with Crippen LogP contribution in [-0.2, 0) is 6.54 Å². The molecule has 0 bridgehead atoms. The molecule has 0 unspecified atom stereocenters. The number of rotatable bonds is 5. The first-order valence-electron chi connectivity index (χ1n) is 6.20. The highest BCUT2D eigenvalue weighted by molar-refractivity contribution is 5.74. The highest BCUT2D eigenvalue weighted by Gasteiger charge is 2.42. The number of aromatic nitrogens is 1. The highest BCUT2D eigenvalue weighted by Crippen LogP contribution is 2.39. The third-order valence-corrected chi connectivity index (χ3v) is 3.41. The zero-order chi connectivity index (χ0) is 13.0. The molecule has 5 heteroatoms. The first kappa shape index (κ1) is 12.8. The molecule has 1 aromatic rings. The highest BCUT2D eigenvalue weighted by atomic mass is 16.3. The molecule has 1 heterocycles. The Morgan fingerprint density at radius 1 is 1.50 bits per heavy atom. The van der Waals surface area contributed by atoms with Crippen molar-refractivity contribution in [2.75, 3.05) is 6.61 Å². The number of aliphatic hydroxyl groups is 1. The van der Waals surface area contributed by atoms with Crippen LogP contribution in [0.1, 0.15) is 25.3 Å². The van der Waals surface area contributed by atoms with Gasteiger partial charge < -0.3 is 15.7 Å². The molecule has 0 spiro atoms. The predicted octanol–water partition coefficient (Wildman–Crippen LogP) is 1.04. The quantitative estimate of drug-likeness (QED) is 0.730. The summed E-state index contributed by atoms with van der Waals surface area (Å²) in [5.74, 6) is 0.397. The zero-order valence-electron chi connectivity index (χ0n) is 10.5. The number of carbonyl (C=O) groups excluding carboxylic acids is 1. The summed E-state index contributed by atoms with van der Waals surface area (Å²) in [7, 11) is 0. The Kier molecular flexibility index (Phi) is 3.81. The molecule has 0 radical (unpaired) electrons. The molecule has 1 aromatic heterocycles. The van der Waals surface area contributed by atoms with Crippen LogP contribution in [0.3, 0.4) is 0 Å². The lowest BCUT2D eigenvalue weighted by molar-refractivity contribution is 0.155. The van der Waals surface area contributed by atoms with Gasteiger partial charge in [-0.2, -0.15) is 0 Å². The second-order valence-electron chi connectivity index (χ2n) is 5.01. The van der Waals surface area contributed by atoms with Crippen molar-refractivity contribution in [2.45, 2.75) is 31.8 Å². The summed E-state index contributed by atoms with van der Waals surface area (Å²) in [5, 5.41) is 15.0. The molecule has 5 nitrogen and oxygen atoms in total. The molecule has 1 atom stereocenters. The number of pyridine rings is 1. The van der Waals surface area contributed by atoms with Gasteiger partial charge in [0.25, 0.3) is 0 Å². The number of urea groups is 1. The fourth-order valence-electron chi connectivity index (χ4n) is 1.98. The largest absolute Gasteiger partial charge is 0.394 e. The molecular weight excluding hydrogens is 230 g/mol. The van der Waals surface area contributed by atoms with Crippen LogP contribution in [0.5, 0.6) is 0 Å². The summed E-state index contributed by atoms with van der Waals surface area (Å²) in [6.45, 7) is 2.32. The number of aliphatic hydroxyl groups excluding tert-OH is 1. The van der Waals surface area contributed by atoms with Crippen LogP contribution < -0.4 is 10.6 Å². The number of amides is 2. The minimum atomic E-state index is -0.498. The molecule has 2 rings (SSSR count). The number of nitrogens with zero attached hydrogens (tertiary/aromatic N) is 1. The van der Waals surface area contributed by atoms with Crippen molar-refractivity contribution in [3.05, 3.63) is 30.1 Å². The van der Waals surface area contributed by atoms with Gasteiger partial charge in [-0.1, -0.05) is 0 Å². The Morgan fingerprint density at radius 3 is 2.72 bits per heavy atom. The molecule has 1 saturated carbocycles. The standard InChI is InChI=1S/C13H19N3O2/c1-13(9-17,11-2-3-11)16-12(18)15-8-10-4-6-14-7-5-10/h4-7,11,17H,2-3,8-9H2,1H3,(H2,15,16,18)/t13-/m0/s1. The van der Waals surface area contributed by atoms with Crippen molar-refractivity contribution in [3.8, 4) is 0 Å². The molecule has 0 aliphatic heterocycles. The van der Waals surface area contributed by atoms with E-state index in [2.05, 4.69) is 15.6 Å². The molecule has 3 N–H and O–H groups in total. The van der Waals surface area contributed by atoms with Gasteiger partial charge in [0.1, 0.15) is 0 Å². The van der Waals surface area contributed by atoms with Gasteiger partial charge >= 0.3 is 6.03 Å². The van der Waals surface area contributed by atoms with Gasteiger partial charge in [0.15, 0.2) is 0 Å². The van der Waals surface area contributed by atoms with Crippen LogP contribution in [0.25, 0.3) is 0 Å². The van der Waals surface area contributed by atoms with Gasteiger partial charge in [-0.3, -0.25) is 4.98 Å². The minimum absolute atomic E-state index is 0.0274. The van der Waals surface area contributed by atoms with Crippen LogP contribution in [0.15, 0.2) is 24.5 Å². The van der Waals surface area contributed by atoms with Crippen LogP contribution in [0.4, 0.5) is 4.79 Å². The third kappa shape index (κ3) is 3.20. The van der Waals surface area contributed by atoms with Gasteiger partial charge in [0.2, 0.25) is 0 Å². The van der Waals surface area contributed by atoms with Crippen molar-refractivity contribution >= 4 is 6.03 Å². The van der Waals surface area contributed by atoms with E-state index in [0.717, 1.165) is 18.4 Å². The summed E-state index contributed by atoms with van der Waals surface area (Å²) >= 11 is 0. The Labute approximate surface area is 107 Å². The van der Waals surface area contributed by atoms with Crippen LogP contribution in [-0.4, -0.2) is 28.3 Å². The second kappa shape index (κ2) is 5.35. The number of nitrogens with one attached hydrogen (secondary N) is 2. The van der Waals surface area contributed by atoms with Crippen molar-refractivity contribution in [1.29, 1.82) is 0 Å². The maximum absolute atomic E-state index is 11.8. The van der Waals surface area contributed by atoms with E-state index in [-0.39, 0.29) is 12.6 Å². The molecule has 98 valence electrons. The Hall–Kier alpha value is -1.62. The smallest absolute Gasteiger partial charge is 0.315 e. The fraction of sp³-hybridized carbons (Fsp3) is 0.538. The maximum Gasteiger partial charge on any atom is 0.315 e. The number of carbonyl (C=O) groups is 1. The molecule has 18 heavy (non-hydrogen) atoms. The number of hydrogen-bond acceptors (Lipinski definition) is 3. The normalized spacial score (nSPS) is 17.9. The summed E-state index contributed by atoms with van der Waals surface area (Å²) in [5.41, 5.74) is 0.500. The lowest BCUT2D eigenvalue weighted by Crippen LogP contribution is -2.53. The fourth-order valence-corrected chi connectivity index (χ4v) is 1.98. The van der Waals surface area contributed by atoms with E-state index in [1.165, 1.54) is 0 Å². The molecule has 2 amide bonds. The van der Waals surface area contributed by atoms with Crippen LogP contribution >= 0.6 is 0 Å². The topological polar surface area (TPSA) is 74.2 Å². The summed E-state index contributed by atoms with van der Waals surface area (Å²) in [6, 6.07) is 3.47. The van der Waals surface area contributed by atoms with Crippen molar-refractivity contribution in [2.24, 2.45) is 5.92 Å². The Morgan fingerprint density at radius 2 is 2.17 bits per heavy atom. The SMILES string of the molecule is C[C@@](CO)(NC(=O)NCc1ccncc1)C1CC1. The van der Waals surface area contributed by atoms with E-state index in [9.17, 15) is 9.90 Å².